The highest BCUT2D eigenvalue weighted by atomic mass is 16.7. The monoisotopic (exact) mass is 832 g/mol. The summed E-state index contributed by atoms with van der Waals surface area (Å²) >= 11 is 0. The van der Waals surface area contributed by atoms with Gasteiger partial charge in [0.2, 0.25) is 28.8 Å². The first kappa shape index (κ1) is 40.5. The highest BCUT2D eigenvalue weighted by Crippen LogP contribution is 2.59. The fraction of sp³-hybridized carbons (Fsp3) is 0.111. The number of imidazole rings is 1. The molecule has 17 heteroatoms. The second-order valence-corrected chi connectivity index (χ2v) is 13.9. The Morgan fingerprint density at radius 1 is 0.661 bits per heavy atom. The summed E-state index contributed by atoms with van der Waals surface area (Å²) in [4.78, 5) is 102. The molecule has 308 valence electrons. The Balaban J connectivity index is 1.63. The lowest BCUT2D eigenvalue weighted by atomic mass is 9.65. The fourth-order valence-electron chi connectivity index (χ4n) is 7.72. The first-order valence-electron chi connectivity index (χ1n) is 18.8. The number of anilines is 1. The van der Waals surface area contributed by atoms with Gasteiger partial charge in [-0.1, -0.05) is 127 Å². The zero-order valence-electron chi connectivity index (χ0n) is 32.1. The van der Waals surface area contributed by atoms with Gasteiger partial charge < -0.3 is 35.2 Å². The molecule has 0 saturated carbocycles. The molecule has 1 aliphatic heterocycles. The maximum atomic E-state index is 16.4. The minimum atomic E-state index is -3.62. The van der Waals surface area contributed by atoms with Gasteiger partial charge in [-0.25, -0.2) is 14.6 Å². The Labute approximate surface area is 350 Å². The second-order valence-electron chi connectivity index (χ2n) is 13.9. The van der Waals surface area contributed by atoms with E-state index in [0.717, 1.165) is 10.9 Å². The van der Waals surface area contributed by atoms with Crippen LogP contribution in [0.3, 0.4) is 0 Å². The van der Waals surface area contributed by atoms with Crippen molar-refractivity contribution in [1.29, 1.82) is 0 Å². The number of nitrogens with zero attached hydrogens (tertiary/aromatic N) is 5. The average Bonchev–Trinajstić information content (AvgIpc) is 3.86. The Kier molecular flexibility index (Phi) is 10.5. The predicted octanol–water partition coefficient (Wildman–Crippen LogP) is 5.20. The Morgan fingerprint density at radius 3 is 1.56 bits per heavy atom. The molecule has 8 rings (SSSR count). The van der Waals surface area contributed by atoms with Crippen LogP contribution in [0.15, 0.2) is 158 Å². The van der Waals surface area contributed by atoms with Crippen LogP contribution in [0, 0.1) is 10.1 Å². The molecule has 3 N–H and O–H groups in total. The van der Waals surface area contributed by atoms with Gasteiger partial charge in [0.1, 0.15) is 12.4 Å². The van der Waals surface area contributed by atoms with Crippen molar-refractivity contribution in [2.24, 2.45) is 0 Å². The highest BCUT2D eigenvalue weighted by molar-refractivity contribution is 6.20. The third kappa shape index (κ3) is 6.27. The summed E-state index contributed by atoms with van der Waals surface area (Å²) in [6.07, 6.45) is -1.40. The number of carbonyl (C=O) groups is 5. The molecule has 2 aromatic heterocycles. The van der Waals surface area contributed by atoms with Crippen LogP contribution in [-0.2, 0) is 19.9 Å². The molecule has 0 bridgehead atoms. The molecule has 0 spiro atoms. The maximum absolute atomic E-state index is 16.4. The highest BCUT2D eigenvalue weighted by Gasteiger charge is 2.88. The van der Waals surface area contributed by atoms with Gasteiger partial charge in [-0.05, 0) is 39.2 Å². The number of aliphatic hydroxyl groups is 1. The van der Waals surface area contributed by atoms with E-state index in [1.807, 2.05) is 0 Å². The third-order valence-corrected chi connectivity index (χ3v) is 10.4. The summed E-state index contributed by atoms with van der Waals surface area (Å²) < 4.78 is 20.5. The van der Waals surface area contributed by atoms with Gasteiger partial charge in [0.25, 0.3) is 16.9 Å². The van der Waals surface area contributed by atoms with E-state index in [9.17, 15) is 20.0 Å². The average molecular weight is 833 g/mol. The quantitative estimate of drug-likeness (QED) is 0.0656. The van der Waals surface area contributed by atoms with Crippen molar-refractivity contribution in [3.05, 3.63) is 196 Å². The van der Waals surface area contributed by atoms with Crippen LogP contribution in [0.4, 0.5) is 11.8 Å². The molecule has 17 nitrogen and oxygen atoms in total. The van der Waals surface area contributed by atoms with Gasteiger partial charge in [0, 0.05) is 16.7 Å². The molecule has 1 fully saturated rings. The smallest absolute Gasteiger partial charge is 0.439 e. The molecule has 7 aromatic rings. The summed E-state index contributed by atoms with van der Waals surface area (Å²) in [5.74, 6) is -8.13. The normalized spacial score (nSPS) is 20.6. The van der Waals surface area contributed by atoms with Gasteiger partial charge in [-0.2, -0.15) is 0 Å². The van der Waals surface area contributed by atoms with Gasteiger partial charge in [0.05, 0.1) is 17.7 Å². The molecule has 3 heterocycles. The van der Waals surface area contributed by atoms with Crippen LogP contribution in [-0.4, -0.2) is 82.8 Å². The van der Waals surface area contributed by atoms with Gasteiger partial charge in [-0.3, -0.25) is 19.0 Å². The predicted molar refractivity (Wildman–Crippen MR) is 218 cm³/mol. The maximum Gasteiger partial charge on any atom is 0.473 e. The number of aliphatic hydroxyl groups excluding tert-OH is 1. The standard InChI is InChI=1S/C45H32N6O11/c46-38-34-39(49-42(48-38)51(58)59)50(27-47-34)45(37(55)30-20-10-3-11-21-30)44(36(54)29-18-8-2-9-19-29,62-41(57)32-24-14-5-15-25-32)43(33(26-52)60-45,35(53)28-16-6-1-7-17-28)61-40(56)31-22-12-4-13-23-31/h1-25,27,33,52H,26H2,(H2,46,48,49)/t33-,43+,44-,45-/m1/s1. The molecule has 0 unspecified atom stereocenters. The molecule has 0 radical (unpaired) electrons. The van der Waals surface area contributed by atoms with Crippen molar-refractivity contribution < 1.29 is 48.2 Å². The SMILES string of the molecule is Nc1nc([N+](=O)[O-])nc2c1ncn2[C@]1(C(=O)c2ccccc2)O[C@H](CO)[C@](OC(=O)c2ccccc2)(C(=O)c2ccccc2)[C@]1(OC(=O)c1ccccc1)C(=O)c1ccccc1. The second kappa shape index (κ2) is 16.1. The summed E-state index contributed by atoms with van der Waals surface area (Å²) in [6.45, 7) is -1.29. The number of ketones is 3. The number of carbonyl (C=O) groups excluding carboxylic acids is 5. The number of nitrogens with two attached hydrogens (primary N) is 1. The van der Waals surface area contributed by atoms with E-state index in [2.05, 4.69) is 15.0 Å². The van der Waals surface area contributed by atoms with Crippen molar-refractivity contribution >= 4 is 52.2 Å². The van der Waals surface area contributed by atoms with E-state index in [1.165, 1.54) is 121 Å². The summed E-state index contributed by atoms with van der Waals surface area (Å²) in [7, 11) is 0. The van der Waals surface area contributed by atoms with Crippen LogP contribution in [0.5, 0.6) is 0 Å². The van der Waals surface area contributed by atoms with Crippen molar-refractivity contribution in [1.82, 2.24) is 19.5 Å². The number of hydrogen-bond donors (Lipinski definition) is 2. The molecule has 1 aliphatic rings. The third-order valence-electron chi connectivity index (χ3n) is 10.4. The topological polar surface area (TPSA) is 246 Å². The first-order valence-corrected chi connectivity index (χ1v) is 18.8. The van der Waals surface area contributed by atoms with E-state index in [0.29, 0.717) is 0 Å². The molecule has 62 heavy (non-hydrogen) atoms. The lowest BCUT2D eigenvalue weighted by Crippen LogP contribution is -2.76. The van der Waals surface area contributed by atoms with Crippen LogP contribution in [0.2, 0.25) is 0 Å². The zero-order chi connectivity index (χ0) is 43.6. The number of ether oxygens (including phenoxy) is 3. The molecule has 0 amide bonds. The number of benzene rings is 5. The van der Waals surface area contributed by atoms with Crippen LogP contribution in [0.1, 0.15) is 51.8 Å². The number of aromatic nitrogens is 4. The summed E-state index contributed by atoms with van der Waals surface area (Å²) in [6, 6.07) is 35.7. The molecule has 1 saturated heterocycles. The van der Waals surface area contributed by atoms with E-state index in [-0.39, 0.29) is 33.3 Å². The Hall–Kier alpha value is -8.28. The van der Waals surface area contributed by atoms with E-state index < -0.39 is 81.3 Å². The summed E-state index contributed by atoms with van der Waals surface area (Å²) in [5, 5.41) is 23.8. The number of esters is 2. The first-order chi connectivity index (χ1) is 30.0. The molecule has 4 atom stereocenters. The lowest BCUT2D eigenvalue weighted by Gasteiger charge is -2.47. The van der Waals surface area contributed by atoms with Crippen LogP contribution < -0.4 is 5.73 Å². The van der Waals surface area contributed by atoms with Crippen molar-refractivity contribution in [2.75, 3.05) is 12.3 Å². The minimum absolute atomic E-state index is 0.170. The molecule has 0 aliphatic carbocycles. The van der Waals surface area contributed by atoms with E-state index >= 15 is 19.2 Å². The van der Waals surface area contributed by atoms with Crippen molar-refractivity contribution in [2.45, 2.75) is 23.0 Å². The minimum Gasteiger partial charge on any atom is -0.439 e. The largest absolute Gasteiger partial charge is 0.473 e. The lowest BCUT2D eigenvalue weighted by molar-refractivity contribution is -0.394. The summed E-state index contributed by atoms with van der Waals surface area (Å²) in [5.41, 5.74) is -6.34. The zero-order valence-corrected chi connectivity index (χ0v) is 32.1. The Morgan fingerprint density at radius 2 is 1.10 bits per heavy atom. The fourth-order valence-corrected chi connectivity index (χ4v) is 7.72. The van der Waals surface area contributed by atoms with Crippen LogP contribution >= 0.6 is 0 Å². The van der Waals surface area contributed by atoms with Crippen molar-refractivity contribution in [3.8, 4) is 0 Å². The number of nitrogen functional groups attached to an aromatic ring is 1. The molecular weight excluding hydrogens is 801 g/mol. The number of rotatable bonds is 13. The number of nitro groups is 1. The van der Waals surface area contributed by atoms with Gasteiger partial charge in [-0.15, -0.1) is 0 Å². The number of hydrogen-bond acceptors (Lipinski definition) is 15. The van der Waals surface area contributed by atoms with Gasteiger partial charge >= 0.3 is 17.9 Å². The van der Waals surface area contributed by atoms with E-state index in [1.54, 1.807) is 30.3 Å². The number of Topliss-reactive ketones (excluding diaryl/α,β-unsaturated/α-hetero) is 3. The van der Waals surface area contributed by atoms with Gasteiger partial charge in [0.15, 0.2) is 5.52 Å². The Bertz CT molecular complexity index is 2870. The molecule has 5 aromatic carbocycles. The van der Waals surface area contributed by atoms with Crippen LogP contribution in [0.25, 0.3) is 11.2 Å². The number of fused-ring (bicyclic) bond motifs is 1. The van der Waals surface area contributed by atoms with Crippen molar-refractivity contribution in [3.63, 3.8) is 0 Å². The van der Waals surface area contributed by atoms with E-state index in [4.69, 9.17) is 19.9 Å². The molecular formula is C45H32N6O11.